The number of para-hydroxylation sites is 1. The summed E-state index contributed by atoms with van der Waals surface area (Å²) in [4.78, 5) is 12.3. The van der Waals surface area contributed by atoms with Crippen molar-refractivity contribution in [1.29, 1.82) is 5.26 Å². The second-order valence-corrected chi connectivity index (χ2v) is 6.13. The molecular weight excluding hydrogens is 380 g/mol. The molecule has 3 aromatic heterocycles. The number of nitriles is 1. The van der Waals surface area contributed by atoms with E-state index in [1.54, 1.807) is 13.0 Å². The topological polar surface area (TPSA) is 113 Å². The van der Waals surface area contributed by atoms with Gasteiger partial charge in [-0.2, -0.15) is 10.4 Å². The molecule has 0 aliphatic rings. The van der Waals surface area contributed by atoms with Crippen LogP contribution in [0.3, 0.4) is 0 Å². The van der Waals surface area contributed by atoms with E-state index in [1.807, 2.05) is 6.07 Å². The van der Waals surface area contributed by atoms with Crippen LogP contribution in [0.1, 0.15) is 17.1 Å². The van der Waals surface area contributed by atoms with Crippen LogP contribution in [0.15, 0.2) is 36.7 Å². The van der Waals surface area contributed by atoms with Crippen molar-refractivity contribution in [2.75, 3.05) is 5.32 Å². The van der Waals surface area contributed by atoms with Crippen molar-refractivity contribution < 1.29 is 13.9 Å². The molecule has 0 bridgehead atoms. The molecule has 0 amide bonds. The van der Waals surface area contributed by atoms with Crippen LogP contribution in [0.2, 0.25) is 0 Å². The number of hydrogen-bond donors (Lipinski definition) is 2. The molecule has 0 fully saturated rings. The minimum absolute atomic E-state index is 0.0530. The van der Waals surface area contributed by atoms with Gasteiger partial charge in [-0.25, -0.2) is 28.4 Å². The maximum Gasteiger partial charge on any atom is 0.169 e. The molecule has 0 radical (unpaired) electrons. The Morgan fingerprint density at radius 2 is 2.07 bits per heavy atom. The van der Waals surface area contributed by atoms with Crippen molar-refractivity contribution in [3.63, 3.8) is 0 Å². The summed E-state index contributed by atoms with van der Waals surface area (Å²) in [6.07, 6.45) is 2.36. The van der Waals surface area contributed by atoms with E-state index < -0.39 is 11.6 Å². The van der Waals surface area contributed by atoms with Crippen molar-refractivity contribution in [2.24, 2.45) is 0 Å². The molecule has 0 atom stereocenters. The van der Waals surface area contributed by atoms with E-state index >= 15 is 0 Å². The highest BCUT2D eigenvalue weighted by molar-refractivity contribution is 5.91. The van der Waals surface area contributed by atoms with Gasteiger partial charge in [0.25, 0.3) is 0 Å². The summed E-state index contributed by atoms with van der Waals surface area (Å²) in [5, 5.41) is 25.9. The molecule has 4 aromatic rings. The Bertz CT molecular complexity index is 1280. The summed E-state index contributed by atoms with van der Waals surface area (Å²) in [6.45, 7) is 1.39. The third-order valence-corrected chi connectivity index (χ3v) is 4.13. The lowest BCUT2D eigenvalue weighted by Gasteiger charge is -2.08. The Hall–Kier alpha value is -3.97. The Labute approximate surface area is 163 Å². The molecule has 3 heterocycles. The zero-order valence-corrected chi connectivity index (χ0v) is 15.1. The molecule has 10 heteroatoms. The molecule has 0 saturated carbocycles. The molecule has 8 nitrogen and oxygen atoms in total. The summed E-state index contributed by atoms with van der Waals surface area (Å²) in [7, 11) is 0. The van der Waals surface area contributed by atoms with Crippen molar-refractivity contribution in [3.8, 4) is 11.8 Å². The number of rotatable bonds is 4. The first kappa shape index (κ1) is 18.4. The van der Waals surface area contributed by atoms with E-state index in [-0.39, 0.29) is 40.4 Å². The molecule has 0 unspecified atom stereocenters. The van der Waals surface area contributed by atoms with Gasteiger partial charge in [-0.3, -0.25) is 0 Å². The standard InChI is InChI=1S/C19H13F2N7O/c1-10-5-15(25-16(9-29)24-10)26-19-12-8-28(27-17(12)14(21)7-23-19)18-11(6-22)3-2-4-13(18)20/h2-5,7-8,29H,9H2,1H3,(H,23,24,25,26). The maximum absolute atomic E-state index is 14.3. The largest absolute Gasteiger partial charge is 0.388 e. The molecule has 1 aromatic carbocycles. The monoisotopic (exact) mass is 393 g/mol. The van der Waals surface area contributed by atoms with E-state index in [0.29, 0.717) is 11.5 Å². The van der Waals surface area contributed by atoms with Crippen LogP contribution < -0.4 is 5.32 Å². The van der Waals surface area contributed by atoms with E-state index in [1.165, 1.54) is 24.4 Å². The second kappa shape index (κ2) is 7.21. The average Bonchev–Trinajstić information content (AvgIpc) is 3.15. The van der Waals surface area contributed by atoms with Gasteiger partial charge >= 0.3 is 0 Å². The zero-order valence-electron chi connectivity index (χ0n) is 15.1. The number of fused-ring (bicyclic) bond motifs is 1. The fraction of sp³-hybridized carbons (Fsp3) is 0.105. The van der Waals surface area contributed by atoms with Gasteiger partial charge in [0.15, 0.2) is 11.6 Å². The number of aromatic nitrogens is 5. The number of anilines is 2. The number of nitrogens with zero attached hydrogens (tertiary/aromatic N) is 6. The number of aliphatic hydroxyl groups is 1. The summed E-state index contributed by atoms with van der Waals surface area (Å²) in [5.41, 5.74) is 0.533. The zero-order chi connectivity index (χ0) is 20.5. The molecule has 0 aliphatic carbocycles. The summed E-state index contributed by atoms with van der Waals surface area (Å²) < 4.78 is 29.8. The van der Waals surface area contributed by atoms with Crippen LogP contribution in [-0.2, 0) is 6.61 Å². The Morgan fingerprint density at radius 3 is 2.83 bits per heavy atom. The summed E-state index contributed by atoms with van der Waals surface area (Å²) in [6, 6.07) is 7.57. The van der Waals surface area contributed by atoms with Crippen molar-refractivity contribution in [3.05, 3.63) is 65.4 Å². The second-order valence-electron chi connectivity index (χ2n) is 6.13. The van der Waals surface area contributed by atoms with Gasteiger partial charge in [0.1, 0.15) is 41.3 Å². The minimum Gasteiger partial charge on any atom is -0.388 e. The first-order valence-corrected chi connectivity index (χ1v) is 8.45. The maximum atomic E-state index is 14.3. The normalized spacial score (nSPS) is 10.9. The lowest BCUT2D eigenvalue weighted by molar-refractivity contribution is 0.271. The molecule has 0 saturated heterocycles. The number of aliphatic hydroxyl groups excluding tert-OH is 1. The van der Waals surface area contributed by atoms with Gasteiger partial charge in [0.2, 0.25) is 0 Å². The van der Waals surface area contributed by atoms with Crippen LogP contribution >= 0.6 is 0 Å². The van der Waals surface area contributed by atoms with Crippen LogP contribution in [0.4, 0.5) is 20.4 Å². The Morgan fingerprint density at radius 1 is 1.24 bits per heavy atom. The molecule has 29 heavy (non-hydrogen) atoms. The Balaban J connectivity index is 1.86. The number of aryl methyl sites for hydroxylation is 1. The van der Waals surface area contributed by atoms with Crippen LogP contribution in [-0.4, -0.2) is 29.8 Å². The van der Waals surface area contributed by atoms with E-state index in [2.05, 4.69) is 25.4 Å². The van der Waals surface area contributed by atoms with E-state index in [4.69, 9.17) is 0 Å². The minimum atomic E-state index is -0.700. The predicted molar refractivity (Wildman–Crippen MR) is 99.5 cm³/mol. The van der Waals surface area contributed by atoms with Gasteiger partial charge in [-0.15, -0.1) is 0 Å². The SMILES string of the molecule is Cc1cc(Nc2ncc(F)c3nn(-c4c(F)cccc4C#N)cc23)nc(CO)n1. The van der Waals surface area contributed by atoms with Gasteiger partial charge in [-0.1, -0.05) is 6.07 Å². The van der Waals surface area contributed by atoms with Crippen LogP contribution in [0.25, 0.3) is 16.6 Å². The van der Waals surface area contributed by atoms with Crippen molar-refractivity contribution in [2.45, 2.75) is 13.5 Å². The van der Waals surface area contributed by atoms with Crippen LogP contribution in [0.5, 0.6) is 0 Å². The van der Waals surface area contributed by atoms with Gasteiger partial charge in [-0.05, 0) is 19.1 Å². The first-order valence-electron chi connectivity index (χ1n) is 8.45. The molecule has 2 N–H and O–H groups in total. The highest BCUT2D eigenvalue weighted by Gasteiger charge is 2.17. The third kappa shape index (κ3) is 3.35. The molecule has 4 rings (SSSR count). The number of halogens is 2. The van der Waals surface area contributed by atoms with Gasteiger partial charge < -0.3 is 10.4 Å². The number of pyridine rings is 1. The van der Waals surface area contributed by atoms with E-state index in [0.717, 1.165) is 10.9 Å². The number of nitrogens with one attached hydrogen (secondary N) is 1. The predicted octanol–water partition coefficient (Wildman–Crippen LogP) is 2.90. The van der Waals surface area contributed by atoms with Crippen molar-refractivity contribution in [1.82, 2.24) is 24.7 Å². The van der Waals surface area contributed by atoms with Gasteiger partial charge in [0.05, 0.1) is 17.1 Å². The summed E-state index contributed by atoms with van der Waals surface area (Å²) >= 11 is 0. The third-order valence-electron chi connectivity index (χ3n) is 4.13. The van der Waals surface area contributed by atoms with Crippen LogP contribution in [0, 0.1) is 29.9 Å². The number of hydrogen-bond acceptors (Lipinski definition) is 7. The Kier molecular flexibility index (Phi) is 4.58. The lowest BCUT2D eigenvalue weighted by atomic mass is 10.2. The highest BCUT2D eigenvalue weighted by atomic mass is 19.1. The fourth-order valence-corrected chi connectivity index (χ4v) is 2.91. The van der Waals surface area contributed by atoms with E-state index in [9.17, 15) is 19.1 Å². The van der Waals surface area contributed by atoms with Gasteiger partial charge in [0, 0.05) is 18.0 Å². The summed E-state index contributed by atoms with van der Waals surface area (Å²) in [5.74, 6) is -0.581. The molecule has 144 valence electrons. The molecular formula is C19H13F2N7O. The smallest absolute Gasteiger partial charge is 0.169 e. The molecule has 0 spiro atoms. The fourth-order valence-electron chi connectivity index (χ4n) is 2.91. The average molecular weight is 393 g/mol. The number of benzene rings is 1. The highest BCUT2D eigenvalue weighted by Crippen LogP contribution is 2.28. The quantitative estimate of drug-likeness (QED) is 0.548. The first-order chi connectivity index (χ1) is 14.0. The molecule has 0 aliphatic heterocycles. The lowest BCUT2D eigenvalue weighted by Crippen LogP contribution is -2.03. The van der Waals surface area contributed by atoms with Crippen molar-refractivity contribution >= 4 is 22.5 Å².